The number of para-hydroxylation sites is 1. The third-order valence-corrected chi connectivity index (χ3v) is 3.08. The molecule has 2 aromatic carbocycles. The Morgan fingerprint density at radius 1 is 1.00 bits per heavy atom. The molecule has 18 heavy (non-hydrogen) atoms. The summed E-state index contributed by atoms with van der Waals surface area (Å²) in [5, 5.41) is 0. The zero-order valence-corrected chi connectivity index (χ0v) is 11.5. The number of hydrogen-bond donors (Lipinski definition) is 0. The van der Waals surface area contributed by atoms with E-state index in [1.807, 2.05) is 24.3 Å². The number of aryl methyl sites for hydroxylation is 2. The van der Waals surface area contributed by atoms with Crippen molar-refractivity contribution in [3.8, 4) is 5.75 Å². The van der Waals surface area contributed by atoms with Crippen LogP contribution in [-0.4, -0.2) is 0 Å². The Morgan fingerprint density at radius 2 is 1.67 bits per heavy atom. The SMILES string of the molecule is Cc1cc(C)cc(COc2ccccc2CCl)c1. The normalized spacial score (nSPS) is 10.4. The topological polar surface area (TPSA) is 9.23 Å². The van der Waals surface area contributed by atoms with E-state index in [-0.39, 0.29) is 0 Å². The fourth-order valence-corrected chi connectivity index (χ4v) is 2.29. The average Bonchev–Trinajstić information content (AvgIpc) is 2.35. The van der Waals surface area contributed by atoms with Crippen molar-refractivity contribution in [1.29, 1.82) is 0 Å². The van der Waals surface area contributed by atoms with Crippen LogP contribution in [0, 0.1) is 13.8 Å². The second kappa shape index (κ2) is 5.92. The van der Waals surface area contributed by atoms with Gasteiger partial charge in [-0.3, -0.25) is 0 Å². The Kier molecular flexibility index (Phi) is 4.27. The van der Waals surface area contributed by atoms with E-state index in [0.29, 0.717) is 12.5 Å². The highest BCUT2D eigenvalue weighted by molar-refractivity contribution is 6.17. The summed E-state index contributed by atoms with van der Waals surface area (Å²) < 4.78 is 5.84. The number of alkyl halides is 1. The van der Waals surface area contributed by atoms with Crippen LogP contribution in [0.3, 0.4) is 0 Å². The van der Waals surface area contributed by atoms with Gasteiger partial charge in [-0.25, -0.2) is 0 Å². The van der Waals surface area contributed by atoms with Crippen molar-refractivity contribution in [2.45, 2.75) is 26.3 Å². The maximum Gasteiger partial charge on any atom is 0.124 e. The molecule has 0 aliphatic rings. The van der Waals surface area contributed by atoms with Crippen molar-refractivity contribution in [3.63, 3.8) is 0 Å². The van der Waals surface area contributed by atoms with E-state index in [1.165, 1.54) is 16.7 Å². The number of benzene rings is 2. The maximum atomic E-state index is 5.88. The molecular weight excluding hydrogens is 244 g/mol. The van der Waals surface area contributed by atoms with Crippen LogP contribution in [0.15, 0.2) is 42.5 Å². The van der Waals surface area contributed by atoms with Gasteiger partial charge in [0.2, 0.25) is 0 Å². The molecule has 0 unspecified atom stereocenters. The quantitative estimate of drug-likeness (QED) is 0.729. The third-order valence-electron chi connectivity index (χ3n) is 2.79. The van der Waals surface area contributed by atoms with E-state index in [4.69, 9.17) is 16.3 Å². The lowest BCUT2D eigenvalue weighted by Crippen LogP contribution is -1.98. The second-order valence-electron chi connectivity index (χ2n) is 4.53. The molecule has 0 atom stereocenters. The van der Waals surface area contributed by atoms with Crippen LogP contribution in [0.2, 0.25) is 0 Å². The lowest BCUT2D eigenvalue weighted by molar-refractivity contribution is 0.303. The summed E-state index contributed by atoms with van der Waals surface area (Å²) >= 11 is 5.88. The first kappa shape index (κ1) is 13.0. The Labute approximate surface area is 113 Å². The zero-order chi connectivity index (χ0) is 13.0. The van der Waals surface area contributed by atoms with Gasteiger partial charge in [0, 0.05) is 5.56 Å². The number of halogens is 1. The molecule has 0 aromatic heterocycles. The molecule has 0 saturated heterocycles. The van der Waals surface area contributed by atoms with Crippen LogP contribution >= 0.6 is 11.6 Å². The maximum absolute atomic E-state index is 5.88. The molecule has 0 spiro atoms. The van der Waals surface area contributed by atoms with E-state index in [2.05, 4.69) is 32.0 Å². The van der Waals surface area contributed by atoms with Gasteiger partial charge in [0.05, 0.1) is 5.88 Å². The monoisotopic (exact) mass is 260 g/mol. The van der Waals surface area contributed by atoms with E-state index in [1.54, 1.807) is 0 Å². The molecule has 0 fully saturated rings. The van der Waals surface area contributed by atoms with Crippen LogP contribution in [0.5, 0.6) is 5.75 Å². The third kappa shape index (κ3) is 3.27. The number of rotatable bonds is 4. The lowest BCUT2D eigenvalue weighted by Gasteiger charge is -2.10. The van der Waals surface area contributed by atoms with Gasteiger partial charge in [0.1, 0.15) is 12.4 Å². The lowest BCUT2D eigenvalue weighted by atomic mass is 10.1. The van der Waals surface area contributed by atoms with Crippen molar-refractivity contribution in [1.82, 2.24) is 0 Å². The predicted molar refractivity (Wildman–Crippen MR) is 76.2 cm³/mol. The van der Waals surface area contributed by atoms with Crippen LogP contribution < -0.4 is 4.74 Å². The fraction of sp³-hybridized carbons (Fsp3) is 0.250. The molecule has 0 bridgehead atoms. The minimum Gasteiger partial charge on any atom is -0.489 e. The van der Waals surface area contributed by atoms with E-state index in [0.717, 1.165) is 11.3 Å². The summed E-state index contributed by atoms with van der Waals surface area (Å²) in [5.41, 5.74) is 4.75. The van der Waals surface area contributed by atoms with E-state index >= 15 is 0 Å². The molecule has 2 rings (SSSR count). The van der Waals surface area contributed by atoms with Gasteiger partial charge in [-0.1, -0.05) is 47.5 Å². The van der Waals surface area contributed by atoms with Crippen molar-refractivity contribution >= 4 is 11.6 Å². The van der Waals surface area contributed by atoms with Crippen molar-refractivity contribution in [3.05, 3.63) is 64.7 Å². The molecule has 2 aromatic rings. The minimum absolute atomic E-state index is 0.475. The summed E-state index contributed by atoms with van der Waals surface area (Å²) in [6.07, 6.45) is 0. The van der Waals surface area contributed by atoms with E-state index < -0.39 is 0 Å². The first-order chi connectivity index (χ1) is 8.69. The number of ether oxygens (including phenoxy) is 1. The summed E-state index contributed by atoms with van der Waals surface area (Å²) in [6, 6.07) is 14.3. The Bertz CT molecular complexity index is 514. The molecule has 0 aliphatic heterocycles. The fourth-order valence-electron chi connectivity index (χ4n) is 2.07. The molecular formula is C16H17ClO. The zero-order valence-electron chi connectivity index (χ0n) is 10.7. The predicted octanol–water partition coefficient (Wildman–Crippen LogP) is 4.62. The summed E-state index contributed by atoms with van der Waals surface area (Å²) in [6.45, 7) is 4.78. The molecule has 1 nitrogen and oxygen atoms in total. The number of hydrogen-bond acceptors (Lipinski definition) is 1. The van der Waals surface area contributed by atoms with Gasteiger partial charge >= 0.3 is 0 Å². The largest absolute Gasteiger partial charge is 0.489 e. The van der Waals surface area contributed by atoms with Gasteiger partial charge in [-0.2, -0.15) is 0 Å². The van der Waals surface area contributed by atoms with Crippen LogP contribution in [0.4, 0.5) is 0 Å². The molecule has 2 heteroatoms. The summed E-state index contributed by atoms with van der Waals surface area (Å²) in [7, 11) is 0. The van der Waals surface area contributed by atoms with Crippen molar-refractivity contribution in [2.24, 2.45) is 0 Å². The van der Waals surface area contributed by atoms with Crippen LogP contribution in [0.1, 0.15) is 22.3 Å². The van der Waals surface area contributed by atoms with Gasteiger partial charge < -0.3 is 4.74 Å². The Morgan fingerprint density at radius 3 is 2.33 bits per heavy atom. The molecule has 0 aliphatic carbocycles. The standard InChI is InChI=1S/C16H17ClO/c1-12-7-13(2)9-14(8-12)11-18-16-6-4-3-5-15(16)10-17/h3-9H,10-11H2,1-2H3. The van der Waals surface area contributed by atoms with Gasteiger partial charge in [-0.05, 0) is 25.5 Å². The molecule has 0 radical (unpaired) electrons. The highest BCUT2D eigenvalue weighted by Crippen LogP contribution is 2.21. The van der Waals surface area contributed by atoms with Gasteiger partial charge in [0.25, 0.3) is 0 Å². The highest BCUT2D eigenvalue weighted by atomic mass is 35.5. The Balaban J connectivity index is 2.11. The van der Waals surface area contributed by atoms with Crippen molar-refractivity contribution in [2.75, 3.05) is 0 Å². The average molecular weight is 261 g/mol. The first-order valence-corrected chi connectivity index (χ1v) is 6.56. The molecule has 0 amide bonds. The van der Waals surface area contributed by atoms with Gasteiger partial charge in [0.15, 0.2) is 0 Å². The minimum atomic E-state index is 0.475. The first-order valence-electron chi connectivity index (χ1n) is 6.03. The van der Waals surface area contributed by atoms with Gasteiger partial charge in [-0.15, -0.1) is 11.6 Å². The second-order valence-corrected chi connectivity index (χ2v) is 4.79. The highest BCUT2D eigenvalue weighted by Gasteiger charge is 2.02. The van der Waals surface area contributed by atoms with E-state index in [9.17, 15) is 0 Å². The summed E-state index contributed by atoms with van der Waals surface area (Å²) in [4.78, 5) is 0. The molecule has 0 N–H and O–H groups in total. The Hall–Kier alpha value is -1.47. The smallest absolute Gasteiger partial charge is 0.124 e. The molecule has 0 heterocycles. The van der Waals surface area contributed by atoms with Crippen LogP contribution in [0.25, 0.3) is 0 Å². The molecule has 0 saturated carbocycles. The summed E-state index contributed by atoms with van der Waals surface area (Å²) in [5.74, 6) is 1.34. The molecule has 94 valence electrons. The van der Waals surface area contributed by atoms with Crippen molar-refractivity contribution < 1.29 is 4.74 Å². The van der Waals surface area contributed by atoms with Crippen LogP contribution in [-0.2, 0) is 12.5 Å².